The maximum Gasteiger partial charge on any atom is 0.332 e. The summed E-state index contributed by atoms with van der Waals surface area (Å²) in [5.74, 6) is 0.567. The van der Waals surface area contributed by atoms with Crippen LogP contribution in [0.25, 0.3) is 17.2 Å². The molecule has 112 valence electrons. The fourth-order valence-corrected chi connectivity index (χ4v) is 2.55. The van der Waals surface area contributed by atoms with Crippen molar-refractivity contribution in [1.82, 2.24) is 18.7 Å². The molecule has 0 aliphatic carbocycles. The molecule has 0 amide bonds. The lowest BCUT2D eigenvalue weighted by molar-refractivity contribution is 0.702. The molecule has 0 atom stereocenters. The quantitative estimate of drug-likeness (QED) is 0.728. The molecule has 22 heavy (non-hydrogen) atoms. The van der Waals surface area contributed by atoms with Crippen LogP contribution >= 0.6 is 0 Å². The van der Waals surface area contributed by atoms with E-state index in [9.17, 15) is 9.59 Å². The number of nitrogens with zero attached hydrogens (tertiary/aromatic N) is 4. The minimum Gasteiger partial charge on any atom is -0.314 e. The molecule has 3 rings (SSSR count). The fraction of sp³-hybridized carbons (Fsp3) is 0.188. The summed E-state index contributed by atoms with van der Waals surface area (Å²) < 4.78 is 4.27. The number of imidazole rings is 1. The molecule has 0 aliphatic rings. The molecule has 0 fully saturated rings. The summed E-state index contributed by atoms with van der Waals surface area (Å²) in [6, 6.07) is 9.77. The van der Waals surface area contributed by atoms with Gasteiger partial charge in [-0.2, -0.15) is 0 Å². The summed E-state index contributed by atoms with van der Waals surface area (Å²) in [5.41, 5.74) is 1.08. The molecule has 0 radical (unpaired) electrons. The number of aromatic nitrogens is 4. The van der Waals surface area contributed by atoms with Crippen molar-refractivity contribution in [3.63, 3.8) is 0 Å². The van der Waals surface area contributed by atoms with Crippen molar-refractivity contribution in [1.29, 1.82) is 0 Å². The van der Waals surface area contributed by atoms with Gasteiger partial charge >= 0.3 is 5.69 Å². The predicted molar refractivity (Wildman–Crippen MR) is 85.9 cm³/mol. The highest BCUT2D eigenvalue weighted by molar-refractivity contribution is 5.73. The summed E-state index contributed by atoms with van der Waals surface area (Å²) >= 11 is 0. The van der Waals surface area contributed by atoms with Crippen molar-refractivity contribution in [2.75, 3.05) is 0 Å². The molecule has 0 saturated heterocycles. The number of aryl methyl sites for hydroxylation is 1. The molecule has 0 aliphatic heterocycles. The molecule has 0 N–H and O–H groups in total. The third kappa shape index (κ3) is 2.00. The van der Waals surface area contributed by atoms with Crippen LogP contribution in [0, 0.1) is 0 Å². The van der Waals surface area contributed by atoms with Gasteiger partial charge in [-0.1, -0.05) is 36.9 Å². The second-order valence-electron chi connectivity index (χ2n) is 5.12. The van der Waals surface area contributed by atoms with E-state index in [2.05, 4.69) is 11.6 Å². The first-order valence-corrected chi connectivity index (χ1v) is 6.87. The van der Waals surface area contributed by atoms with Gasteiger partial charge in [0.2, 0.25) is 0 Å². The number of fused-ring (bicyclic) bond motifs is 1. The van der Waals surface area contributed by atoms with E-state index in [1.807, 2.05) is 30.3 Å². The van der Waals surface area contributed by atoms with Gasteiger partial charge < -0.3 is 4.57 Å². The SMILES string of the molecule is C=Cc1nc2c(c(=O)n(C)c(=O)n2C)n1Cc1ccccc1. The molecule has 2 aromatic heterocycles. The van der Waals surface area contributed by atoms with Crippen molar-refractivity contribution in [3.05, 3.63) is 69.1 Å². The van der Waals surface area contributed by atoms with Crippen molar-refractivity contribution in [3.8, 4) is 0 Å². The fourth-order valence-electron chi connectivity index (χ4n) is 2.55. The van der Waals surface area contributed by atoms with Crippen molar-refractivity contribution >= 4 is 17.2 Å². The second-order valence-corrected chi connectivity index (χ2v) is 5.12. The Kier molecular flexibility index (Phi) is 3.29. The molecule has 6 heteroatoms. The first kappa shape index (κ1) is 14.1. The van der Waals surface area contributed by atoms with E-state index >= 15 is 0 Å². The van der Waals surface area contributed by atoms with Crippen molar-refractivity contribution in [2.24, 2.45) is 14.1 Å². The summed E-state index contributed by atoms with van der Waals surface area (Å²) in [6.07, 6.45) is 1.59. The van der Waals surface area contributed by atoms with E-state index < -0.39 is 5.69 Å². The maximum absolute atomic E-state index is 12.5. The average molecular weight is 296 g/mol. The van der Waals surface area contributed by atoms with Gasteiger partial charge in [0.1, 0.15) is 5.82 Å². The number of rotatable bonds is 3. The summed E-state index contributed by atoms with van der Waals surface area (Å²) in [7, 11) is 3.08. The van der Waals surface area contributed by atoms with E-state index in [0.717, 1.165) is 10.1 Å². The zero-order valence-corrected chi connectivity index (χ0v) is 12.5. The van der Waals surface area contributed by atoms with Crippen LogP contribution < -0.4 is 11.2 Å². The van der Waals surface area contributed by atoms with Crippen LogP contribution in [0.5, 0.6) is 0 Å². The van der Waals surface area contributed by atoms with Gasteiger partial charge in [-0.25, -0.2) is 9.78 Å². The lowest BCUT2D eigenvalue weighted by atomic mass is 10.2. The van der Waals surface area contributed by atoms with Crippen LogP contribution in [0.2, 0.25) is 0 Å². The van der Waals surface area contributed by atoms with Gasteiger partial charge in [0, 0.05) is 20.6 Å². The lowest BCUT2D eigenvalue weighted by Gasteiger charge is -2.08. The van der Waals surface area contributed by atoms with E-state index in [4.69, 9.17) is 0 Å². The van der Waals surface area contributed by atoms with Crippen LogP contribution in [0.1, 0.15) is 11.4 Å². The minimum absolute atomic E-state index is 0.352. The van der Waals surface area contributed by atoms with E-state index in [1.54, 1.807) is 17.7 Å². The Balaban J connectivity index is 2.36. The van der Waals surface area contributed by atoms with Gasteiger partial charge in [0.25, 0.3) is 5.56 Å². The molecule has 0 unspecified atom stereocenters. The third-order valence-corrected chi connectivity index (χ3v) is 3.74. The monoisotopic (exact) mass is 296 g/mol. The molecular formula is C16H16N4O2. The summed E-state index contributed by atoms with van der Waals surface area (Å²) in [5, 5.41) is 0. The Hall–Kier alpha value is -2.89. The first-order valence-electron chi connectivity index (χ1n) is 6.87. The second kappa shape index (κ2) is 5.14. The number of hydrogen-bond donors (Lipinski definition) is 0. The normalized spacial score (nSPS) is 11.0. The third-order valence-electron chi connectivity index (χ3n) is 3.74. The Morgan fingerprint density at radius 1 is 1.14 bits per heavy atom. The van der Waals surface area contributed by atoms with Gasteiger partial charge in [-0.05, 0) is 11.6 Å². The highest BCUT2D eigenvalue weighted by Crippen LogP contribution is 2.14. The highest BCUT2D eigenvalue weighted by Gasteiger charge is 2.17. The van der Waals surface area contributed by atoms with Crippen LogP contribution in [-0.2, 0) is 20.6 Å². The van der Waals surface area contributed by atoms with Crippen molar-refractivity contribution in [2.45, 2.75) is 6.54 Å². The Morgan fingerprint density at radius 2 is 1.82 bits per heavy atom. The molecule has 0 saturated carbocycles. The number of benzene rings is 1. The van der Waals surface area contributed by atoms with Gasteiger partial charge in [0.15, 0.2) is 11.2 Å². The van der Waals surface area contributed by atoms with Gasteiger partial charge in [-0.15, -0.1) is 0 Å². The molecule has 3 aromatic rings. The molecule has 0 spiro atoms. The zero-order valence-electron chi connectivity index (χ0n) is 12.5. The summed E-state index contributed by atoms with van der Waals surface area (Å²) in [4.78, 5) is 28.9. The molecule has 2 heterocycles. The Labute approximate surface area is 126 Å². The number of hydrogen-bond acceptors (Lipinski definition) is 3. The van der Waals surface area contributed by atoms with E-state index in [0.29, 0.717) is 23.5 Å². The largest absolute Gasteiger partial charge is 0.332 e. The zero-order chi connectivity index (χ0) is 15.9. The predicted octanol–water partition coefficient (Wildman–Crippen LogP) is 1.12. The minimum atomic E-state index is -0.391. The Morgan fingerprint density at radius 3 is 2.45 bits per heavy atom. The summed E-state index contributed by atoms with van der Waals surface area (Å²) in [6.45, 7) is 4.25. The highest BCUT2D eigenvalue weighted by atomic mass is 16.2. The first-order chi connectivity index (χ1) is 10.5. The molecular weight excluding hydrogens is 280 g/mol. The Bertz CT molecular complexity index is 977. The molecule has 6 nitrogen and oxygen atoms in total. The maximum atomic E-state index is 12.5. The topological polar surface area (TPSA) is 61.8 Å². The van der Waals surface area contributed by atoms with Gasteiger partial charge in [0.05, 0.1) is 0 Å². The van der Waals surface area contributed by atoms with Gasteiger partial charge in [-0.3, -0.25) is 13.9 Å². The van der Waals surface area contributed by atoms with E-state index in [1.165, 1.54) is 11.6 Å². The smallest absolute Gasteiger partial charge is 0.314 e. The standard InChI is InChI=1S/C16H16N4O2/c1-4-12-17-14-13(15(21)19(3)16(22)18(14)2)20(12)10-11-8-6-5-7-9-11/h4-9H,1,10H2,2-3H3. The van der Waals surface area contributed by atoms with Crippen LogP contribution in [-0.4, -0.2) is 18.7 Å². The van der Waals surface area contributed by atoms with Crippen LogP contribution in [0.3, 0.4) is 0 Å². The van der Waals surface area contributed by atoms with Crippen LogP contribution in [0.4, 0.5) is 0 Å². The van der Waals surface area contributed by atoms with E-state index in [-0.39, 0.29) is 5.56 Å². The average Bonchev–Trinajstić information content (AvgIpc) is 2.90. The lowest BCUT2D eigenvalue weighted by Crippen LogP contribution is -2.37. The van der Waals surface area contributed by atoms with Crippen molar-refractivity contribution < 1.29 is 0 Å². The van der Waals surface area contributed by atoms with Crippen LogP contribution in [0.15, 0.2) is 46.5 Å². The molecule has 0 bridgehead atoms. The molecule has 1 aromatic carbocycles.